The average Bonchev–Trinajstić information content (AvgIpc) is 2.43. The third kappa shape index (κ3) is 2.34. The first-order valence-electron chi connectivity index (χ1n) is 6.64. The van der Waals surface area contributed by atoms with Gasteiger partial charge in [-0.2, -0.15) is 0 Å². The van der Waals surface area contributed by atoms with Gasteiger partial charge in [-0.3, -0.25) is 0 Å². The summed E-state index contributed by atoms with van der Waals surface area (Å²) in [6.45, 7) is 12.7. The van der Waals surface area contributed by atoms with Gasteiger partial charge in [-0.1, -0.05) is 18.2 Å². The van der Waals surface area contributed by atoms with Crippen molar-refractivity contribution in [2.45, 2.75) is 59.1 Å². The first-order chi connectivity index (χ1) is 8.23. The summed E-state index contributed by atoms with van der Waals surface area (Å²) in [5, 5.41) is 0. The molecule has 0 spiro atoms. The Balaban J connectivity index is 2.15. The summed E-state index contributed by atoms with van der Waals surface area (Å²) in [7, 11) is -0.143. The largest absolute Gasteiger partial charge is 0.462 e. The second-order valence-electron chi connectivity index (χ2n) is 6.25. The Kier molecular flexibility index (Phi) is 3.33. The van der Waals surface area contributed by atoms with Crippen molar-refractivity contribution >= 4 is 7.12 Å². The fraction of sp³-hybridized carbons (Fsp3) is 0.600. The van der Waals surface area contributed by atoms with E-state index < -0.39 is 0 Å². The van der Waals surface area contributed by atoms with Crippen LogP contribution in [0.15, 0.2) is 18.2 Å². The van der Waals surface area contributed by atoms with E-state index in [1.54, 1.807) is 0 Å². The molecule has 3 heteroatoms. The molecule has 0 radical (unpaired) electrons. The van der Waals surface area contributed by atoms with Crippen LogP contribution in [0.4, 0.5) is 0 Å². The van der Waals surface area contributed by atoms with Crippen LogP contribution >= 0.6 is 0 Å². The van der Waals surface area contributed by atoms with Gasteiger partial charge in [-0.05, 0) is 58.2 Å². The predicted molar refractivity (Wildman–Crippen MR) is 75.7 cm³/mol. The fourth-order valence-electron chi connectivity index (χ4n) is 2.26. The lowest BCUT2D eigenvalue weighted by Crippen LogP contribution is -2.41. The first-order valence-corrected chi connectivity index (χ1v) is 6.64. The molecular formula is C15H23BO2. The van der Waals surface area contributed by atoms with Crippen LogP contribution in [0.1, 0.15) is 44.4 Å². The van der Waals surface area contributed by atoms with E-state index in [-0.39, 0.29) is 18.3 Å². The minimum absolute atomic E-state index is 0.143. The van der Waals surface area contributed by atoms with Crippen molar-refractivity contribution in [3.8, 4) is 0 Å². The van der Waals surface area contributed by atoms with Crippen molar-refractivity contribution in [2.75, 3.05) is 0 Å². The van der Waals surface area contributed by atoms with E-state index in [9.17, 15) is 0 Å². The summed E-state index contributed by atoms with van der Waals surface area (Å²) >= 11 is 0. The molecular weight excluding hydrogens is 223 g/mol. The molecule has 1 aromatic carbocycles. The van der Waals surface area contributed by atoms with Crippen LogP contribution in [0, 0.1) is 13.8 Å². The standard InChI is InChI=1S/C15H23BO2/c1-11-8-7-9-13(12(11)2)10-16-17-14(3,4)15(5,6)18-16/h7-9H,10H2,1-6H3. The zero-order valence-electron chi connectivity index (χ0n) is 12.3. The van der Waals surface area contributed by atoms with Gasteiger partial charge in [0.15, 0.2) is 0 Å². The van der Waals surface area contributed by atoms with E-state index in [1.165, 1.54) is 16.7 Å². The molecule has 18 heavy (non-hydrogen) atoms. The second kappa shape index (κ2) is 4.39. The van der Waals surface area contributed by atoms with Crippen molar-refractivity contribution in [3.05, 3.63) is 34.9 Å². The highest BCUT2D eigenvalue weighted by Crippen LogP contribution is 2.37. The van der Waals surface area contributed by atoms with E-state index in [0.717, 1.165) is 6.32 Å². The maximum Gasteiger partial charge on any atom is 0.462 e. The molecule has 0 unspecified atom stereocenters. The summed E-state index contributed by atoms with van der Waals surface area (Å²) in [5.41, 5.74) is 3.50. The number of rotatable bonds is 2. The smallest absolute Gasteiger partial charge is 0.403 e. The van der Waals surface area contributed by atoms with Crippen molar-refractivity contribution < 1.29 is 9.31 Å². The van der Waals surface area contributed by atoms with Gasteiger partial charge in [0.25, 0.3) is 0 Å². The Morgan fingerprint density at radius 1 is 1.00 bits per heavy atom. The topological polar surface area (TPSA) is 18.5 Å². The van der Waals surface area contributed by atoms with Gasteiger partial charge in [0, 0.05) is 6.32 Å². The maximum atomic E-state index is 6.04. The normalized spacial score (nSPS) is 21.3. The molecule has 0 saturated carbocycles. The molecule has 1 fully saturated rings. The van der Waals surface area contributed by atoms with Crippen molar-refractivity contribution in [1.29, 1.82) is 0 Å². The third-order valence-electron chi connectivity index (χ3n) is 4.41. The number of hydrogen-bond acceptors (Lipinski definition) is 2. The Bertz CT molecular complexity index is 436. The van der Waals surface area contributed by atoms with Crippen LogP contribution in [-0.2, 0) is 15.6 Å². The monoisotopic (exact) mass is 246 g/mol. The molecule has 1 saturated heterocycles. The Morgan fingerprint density at radius 2 is 1.56 bits per heavy atom. The van der Waals surface area contributed by atoms with Crippen LogP contribution < -0.4 is 0 Å². The van der Waals surface area contributed by atoms with Gasteiger partial charge < -0.3 is 9.31 Å². The molecule has 2 rings (SSSR count). The molecule has 0 aliphatic carbocycles. The minimum Gasteiger partial charge on any atom is -0.403 e. The van der Waals surface area contributed by atoms with E-state index in [1.807, 2.05) is 0 Å². The molecule has 1 aliphatic heterocycles. The van der Waals surface area contributed by atoms with E-state index in [0.29, 0.717) is 0 Å². The Morgan fingerprint density at radius 3 is 2.11 bits per heavy atom. The second-order valence-corrected chi connectivity index (χ2v) is 6.25. The molecule has 0 N–H and O–H groups in total. The molecule has 0 atom stereocenters. The summed E-state index contributed by atoms with van der Waals surface area (Å²) in [6, 6.07) is 6.40. The van der Waals surface area contributed by atoms with Crippen LogP contribution in [0.25, 0.3) is 0 Å². The Labute approximate surface area is 111 Å². The van der Waals surface area contributed by atoms with Gasteiger partial charge in [0.05, 0.1) is 11.2 Å². The highest BCUT2D eigenvalue weighted by atomic mass is 16.7. The summed E-state index contributed by atoms with van der Waals surface area (Å²) < 4.78 is 12.1. The first kappa shape index (κ1) is 13.6. The highest BCUT2D eigenvalue weighted by molar-refractivity contribution is 6.45. The number of benzene rings is 1. The number of hydrogen-bond donors (Lipinski definition) is 0. The van der Waals surface area contributed by atoms with E-state index in [4.69, 9.17) is 9.31 Å². The van der Waals surface area contributed by atoms with Gasteiger partial charge in [-0.15, -0.1) is 0 Å². The van der Waals surface area contributed by atoms with Gasteiger partial charge in [0.1, 0.15) is 0 Å². The van der Waals surface area contributed by atoms with Crippen LogP contribution in [0.3, 0.4) is 0 Å². The average molecular weight is 246 g/mol. The van der Waals surface area contributed by atoms with Crippen molar-refractivity contribution in [3.63, 3.8) is 0 Å². The molecule has 2 nitrogen and oxygen atoms in total. The Hall–Kier alpha value is -0.795. The molecule has 1 heterocycles. The lowest BCUT2D eigenvalue weighted by Gasteiger charge is -2.32. The lowest BCUT2D eigenvalue weighted by molar-refractivity contribution is 0.00578. The van der Waals surface area contributed by atoms with Crippen LogP contribution in [0.2, 0.25) is 0 Å². The predicted octanol–water partition coefficient (Wildman–Crippen LogP) is 3.48. The maximum absolute atomic E-state index is 6.04. The van der Waals surface area contributed by atoms with Gasteiger partial charge in [0.2, 0.25) is 0 Å². The lowest BCUT2D eigenvalue weighted by atomic mass is 9.79. The SMILES string of the molecule is Cc1cccc(CB2OC(C)(C)C(C)(C)O2)c1C. The van der Waals surface area contributed by atoms with E-state index >= 15 is 0 Å². The molecule has 1 aliphatic rings. The minimum atomic E-state index is -0.241. The summed E-state index contributed by atoms with van der Waals surface area (Å²) in [6.07, 6.45) is 0.820. The molecule has 0 bridgehead atoms. The third-order valence-corrected chi connectivity index (χ3v) is 4.41. The van der Waals surface area contributed by atoms with Crippen molar-refractivity contribution in [2.24, 2.45) is 0 Å². The molecule has 1 aromatic rings. The number of aryl methyl sites for hydroxylation is 1. The molecule has 0 aromatic heterocycles. The fourth-order valence-corrected chi connectivity index (χ4v) is 2.26. The summed E-state index contributed by atoms with van der Waals surface area (Å²) in [4.78, 5) is 0. The summed E-state index contributed by atoms with van der Waals surface area (Å²) in [5.74, 6) is 0. The van der Waals surface area contributed by atoms with Gasteiger partial charge in [-0.25, -0.2) is 0 Å². The zero-order valence-corrected chi connectivity index (χ0v) is 12.3. The molecule has 0 amide bonds. The van der Waals surface area contributed by atoms with Gasteiger partial charge >= 0.3 is 7.12 Å². The van der Waals surface area contributed by atoms with Crippen molar-refractivity contribution in [1.82, 2.24) is 0 Å². The quantitative estimate of drug-likeness (QED) is 0.744. The molecule has 98 valence electrons. The van der Waals surface area contributed by atoms with Crippen LogP contribution in [-0.4, -0.2) is 18.3 Å². The zero-order chi connectivity index (χ0) is 13.6. The van der Waals surface area contributed by atoms with E-state index in [2.05, 4.69) is 59.7 Å². The highest BCUT2D eigenvalue weighted by Gasteiger charge is 2.50. The van der Waals surface area contributed by atoms with Crippen LogP contribution in [0.5, 0.6) is 0 Å².